The van der Waals surface area contributed by atoms with E-state index in [-0.39, 0.29) is 0 Å². The first-order chi connectivity index (χ1) is 6.85. The molecule has 0 saturated heterocycles. The topological polar surface area (TPSA) is 40.8 Å². The molecule has 0 amide bonds. The average molecular weight is 189 g/mol. The minimum atomic E-state index is 0.462. The molecule has 0 spiro atoms. The van der Waals surface area contributed by atoms with E-state index in [0.29, 0.717) is 12.6 Å². The quantitative estimate of drug-likeness (QED) is 0.767. The minimum Gasteiger partial charge on any atom is -0.340 e. The fraction of sp³-hybridized carbons (Fsp3) is 0.545. The number of aryl methyl sites for hydroxylation is 1. The fourth-order valence-corrected chi connectivity index (χ4v) is 2.22. The van der Waals surface area contributed by atoms with Gasteiger partial charge in [-0.25, -0.2) is 0 Å². The summed E-state index contributed by atoms with van der Waals surface area (Å²) < 4.78 is 1.99. The Morgan fingerprint density at radius 2 is 2.50 bits per heavy atom. The van der Waals surface area contributed by atoms with Gasteiger partial charge in [0.15, 0.2) is 0 Å². The normalized spacial score (nSPS) is 20.1. The molecule has 3 nitrogen and oxygen atoms in total. The van der Waals surface area contributed by atoms with Gasteiger partial charge in [0.2, 0.25) is 0 Å². The molecule has 0 radical (unpaired) electrons. The van der Waals surface area contributed by atoms with Crippen molar-refractivity contribution in [1.29, 1.82) is 5.26 Å². The highest BCUT2D eigenvalue weighted by Gasteiger charge is 2.20. The van der Waals surface area contributed by atoms with E-state index in [1.165, 1.54) is 24.0 Å². The van der Waals surface area contributed by atoms with Gasteiger partial charge < -0.3 is 9.88 Å². The van der Waals surface area contributed by atoms with Crippen LogP contribution in [0.3, 0.4) is 0 Å². The van der Waals surface area contributed by atoms with Gasteiger partial charge >= 0.3 is 0 Å². The molecule has 74 valence electrons. The fourth-order valence-electron chi connectivity index (χ4n) is 2.22. The lowest BCUT2D eigenvalue weighted by Gasteiger charge is -2.21. The summed E-state index contributed by atoms with van der Waals surface area (Å²) in [5.74, 6) is 0. The molecule has 2 rings (SSSR count). The van der Waals surface area contributed by atoms with Gasteiger partial charge in [0, 0.05) is 18.4 Å². The van der Waals surface area contributed by atoms with Crippen molar-refractivity contribution >= 4 is 0 Å². The summed E-state index contributed by atoms with van der Waals surface area (Å²) in [6.07, 6.45) is 7.84. The van der Waals surface area contributed by atoms with Crippen molar-refractivity contribution in [2.75, 3.05) is 7.05 Å². The molecule has 0 aromatic carbocycles. The number of fused-ring (bicyclic) bond motifs is 1. The molecule has 1 unspecified atom stereocenters. The molecule has 1 N–H and O–H groups in total. The Morgan fingerprint density at radius 1 is 1.64 bits per heavy atom. The van der Waals surface area contributed by atoms with Crippen LogP contribution in [0.2, 0.25) is 0 Å². The van der Waals surface area contributed by atoms with Crippen molar-refractivity contribution in [3.05, 3.63) is 23.5 Å². The van der Waals surface area contributed by atoms with E-state index < -0.39 is 0 Å². The molecule has 14 heavy (non-hydrogen) atoms. The Balaban J connectivity index is 2.29. The molecule has 1 aromatic rings. The SMILES string of the molecule is CNC1CCCc2cn(CC#N)cc21. The Bertz CT molecular complexity index is 359. The molecule has 0 saturated carbocycles. The first-order valence-corrected chi connectivity index (χ1v) is 5.08. The molecule has 0 bridgehead atoms. The monoisotopic (exact) mass is 189 g/mol. The maximum Gasteiger partial charge on any atom is 0.109 e. The number of hydrogen-bond donors (Lipinski definition) is 1. The summed E-state index contributed by atoms with van der Waals surface area (Å²) in [5, 5.41) is 11.9. The van der Waals surface area contributed by atoms with Crippen molar-refractivity contribution in [1.82, 2.24) is 9.88 Å². The molecular weight excluding hydrogens is 174 g/mol. The maximum atomic E-state index is 8.62. The second-order valence-electron chi connectivity index (χ2n) is 3.80. The van der Waals surface area contributed by atoms with Crippen LogP contribution in [0.4, 0.5) is 0 Å². The zero-order valence-electron chi connectivity index (χ0n) is 8.45. The van der Waals surface area contributed by atoms with Crippen molar-refractivity contribution in [2.45, 2.75) is 31.8 Å². The summed E-state index contributed by atoms with van der Waals surface area (Å²) in [4.78, 5) is 0. The van der Waals surface area contributed by atoms with Crippen LogP contribution in [0.1, 0.15) is 30.0 Å². The van der Waals surface area contributed by atoms with Gasteiger partial charge in [-0.05, 0) is 37.4 Å². The Morgan fingerprint density at radius 3 is 3.21 bits per heavy atom. The van der Waals surface area contributed by atoms with Crippen molar-refractivity contribution in [3.8, 4) is 6.07 Å². The number of hydrogen-bond acceptors (Lipinski definition) is 2. The molecule has 1 aliphatic carbocycles. The van der Waals surface area contributed by atoms with Gasteiger partial charge in [0.25, 0.3) is 0 Å². The Kier molecular flexibility index (Phi) is 2.55. The highest BCUT2D eigenvalue weighted by molar-refractivity contribution is 5.30. The van der Waals surface area contributed by atoms with Crippen LogP contribution in [0.15, 0.2) is 12.4 Å². The number of nitrogens with one attached hydrogen (secondary N) is 1. The lowest BCUT2D eigenvalue weighted by atomic mass is 9.91. The van der Waals surface area contributed by atoms with Crippen LogP contribution >= 0.6 is 0 Å². The first kappa shape index (κ1) is 9.29. The number of nitrogens with zero attached hydrogens (tertiary/aromatic N) is 2. The molecule has 0 aliphatic heterocycles. The maximum absolute atomic E-state index is 8.62. The van der Waals surface area contributed by atoms with Gasteiger partial charge in [-0.2, -0.15) is 5.26 Å². The lowest BCUT2D eigenvalue weighted by molar-refractivity contribution is 0.498. The largest absolute Gasteiger partial charge is 0.340 e. The summed E-state index contributed by atoms with van der Waals surface area (Å²) in [6.45, 7) is 0.462. The van der Waals surface area contributed by atoms with Crippen molar-refractivity contribution in [3.63, 3.8) is 0 Å². The van der Waals surface area contributed by atoms with Gasteiger partial charge in [0.05, 0.1) is 6.07 Å². The van der Waals surface area contributed by atoms with E-state index in [0.717, 1.165) is 6.42 Å². The van der Waals surface area contributed by atoms with Crippen LogP contribution in [-0.4, -0.2) is 11.6 Å². The van der Waals surface area contributed by atoms with E-state index in [9.17, 15) is 0 Å². The molecule has 3 heteroatoms. The number of nitriles is 1. The minimum absolute atomic E-state index is 0.462. The Labute approximate surface area is 84.3 Å². The predicted molar refractivity (Wildman–Crippen MR) is 54.8 cm³/mol. The smallest absolute Gasteiger partial charge is 0.109 e. The molecule has 1 atom stereocenters. The Hall–Kier alpha value is -1.27. The third kappa shape index (κ3) is 1.53. The zero-order chi connectivity index (χ0) is 9.97. The van der Waals surface area contributed by atoms with E-state index >= 15 is 0 Å². The average Bonchev–Trinajstić information content (AvgIpc) is 2.60. The number of rotatable bonds is 2. The highest BCUT2D eigenvalue weighted by atomic mass is 15.0. The van der Waals surface area contributed by atoms with E-state index in [2.05, 4.69) is 23.8 Å². The van der Waals surface area contributed by atoms with Crippen LogP contribution < -0.4 is 5.32 Å². The number of aromatic nitrogens is 1. The van der Waals surface area contributed by atoms with Crippen LogP contribution in [-0.2, 0) is 13.0 Å². The van der Waals surface area contributed by atoms with E-state index in [1.54, 1.807) is 0 Å². The second-order valence-corrected chi connectivity index (χ2v) is 3.80. The lowest BCUT2D eigenvalue weighted by Crippen LogP contribution is -2.20. The molecule has 1 aromatic heterocycles. The van der Waals surface area contributed by atoms with Gasteiger partial charge in [-0.15, -0.1) is 0 Å². The van der Waals surface area contributed by atoms with E-state index in [4.69, 9.17) is 5.26 Å². The molecule has 0 fully saturated rings. The van der Waals surface area contributed by atoms with Crippen LogP contribution in [0.25, 0.3) is 0 Å². The van der Waals surface area contributed by atoms with Crippen LogP contribution in [0.5, 0.6) is 0 Å². The first-order valence-electron chi connectivity index (χ1n) is 5.08. The van der Waals surface area contributed by atoms with Crippen molar-refractivity contribution < 1.29 is 0 Å². The zero-order valence-corrected chi connectivity index (χ0v) is 8.45. The predicted octanol–water partition coefficient (Wildman–Crippen LogP) is 1.61. The van der Waals surface area contributed by atoms with Gasteiger partial charge in [-0.1, -0.05) is 0 Å². The summed E-state index contributed by atoms with van der Waals surface area (Å²) >= 11 is 0. The molecule has 1 aliphatic rings. The third-order valence-corrected chi connectivity index (χ3v) is 2.91. The standard InChI is InChI=1S/C11H15N3/c1-13-11-4-2-3-9-7-14(6-5-12)8-10(9)11/h7-8,11,13H,2-4,6H2,1H3. The van der Waals surface area contributed by atoms with Crippen LogP contribution in [0, 0.1) is 11.3 Å². The van der Waals surface area contributed by atoms with E-state index in [1.807, 2.05) is 11.6 Å². The van der Waals surface area contributed by atoms with Gasteiger partial charge in [0.1, 0.15) is 6.54 Å². The molecular formula is C11H15N3. The molecule has 1 heterocycles. The highest BCUT2D eigenvalue weighted by Crippen LogP contribution is 2.29. The second kappa shape index (κ2) is 3.85. The summed E-state index contributed by atoms with van der Waals surface area (Å²) in [5.41, 5.74) is 2.79. The summed E-state index contributed by atoms with van der Waals surface area (Å²) in [6, 6.07) is 2.65. The third-order valence-electron chi connectivity index (χ3n) is 2.91. The van der Waals surface area contributed by atoms with Crippen molar-refractivity contribution in [2.24, 2.45) is 0 Å². The summed E-state index contributed by atoms with van der Waals surface area (Å²) in [7, 11) is 2.00. The van der Waals surface area contributed by atoms with Gasteiger partial charge in [-0.3, -0.25) is 0 Å².